The molecule has 1 unspecified atom stereocenters. The number of halogens is 2. The summed E-state index contributed by atoms with van der Waals surface area (Å²) in [6.07, 6.45) is 9.72. The lowest BCUT2D eigenvalue weighted by atomic mass is 9.85. The second-order valence-corrected chi connectivity index (χ2v) is 6.70. The highest BCUT2D eigenvalue weighted by Gasteiger charge is 2.15. The van der Waals surface area contributed by atoms with Gasteiger partial charge in [-0.25, -0.2) is 4.39 Å². The number of nitrogens with two attached hydrogens (primary N) is 1. The lowest BCUT2D eigenvalue weighted by Gasteiger charge is -2.23. The Kier molecular flexibility index (Phi) is 5.83. The summed E-state index contributed by atoms with van der Waals surface area (Å²) in [6.45, 7) is 0. The van der Waals surface area contributed by atoms with Crippen LogP contribution in [0, 0.1) is 11.7 Å². The molecule has 0 radical (unpaired) electrons. The Morgan fingerprint density at radius 2 is 2.00 bits per heavy atom. The summed E-state index contributed by atoms with van der Waals surface area (Å²) in [5.74, 6) is 0.712. The van der Waals surface area contributed by atoms with Gasteiger partial charge in [-0.1, -0.05) is 48.0 Å². The maximum Gasteiger partial charge on any atom is 0.126 e. The van der Waals surface area contributed by atoms with Crippen molar-refractivity contribution in [3.63, 3.8) is 0 Å². The van der Waals surface area contributed by atoms with Crippen molar-refractivity contribution in [2.75, 3.05) is 0 Å². The Balaban J connectivity index is 1.80. The second-order valence-electron chi connectivity index (χ2n) is 5.78. The van der Waals surface area contributed by atoms with E-state index in [0.717, 1.165) is 22.4 Å². The zero-order valence-corrected chi connectivity index (χ0v) is 13.0. The van der Waals surface area contributed by atoms with Gasteiger partial charge in [-0.3, -0.25) is 0 Å². The monoisotopic (exact) mass is 327 g/mol. The van der Waals surface area contributed by atoms with Crippen LogP contribution in [0.3, 0.4) is 0 Å². The van der Waals surface area contributed by atoms with Crippen molar-refractivity contribution in [1.29, 1.82) is 0 Å². The molecule has 1 fully saturated rings. The van der Waals surface area contributed by atoms with Crippen LogP contribution in [-0.2, 0) is 6.42 Å². The van der Waals surface area contributed by atoms with Crippen LogP contribution in [0.5, 0.6) is 0 Å². The Morgan fingerprint density at radius 1 is 1.26 bits per heavy atom. The molecule has 0 aliphatic heterocycles. The molecule has 1 aromatic carbocycles. The van der Waals surface area contributed by atoms with Crippen LogP contribution in [0.25, 0.3) is 0 Å². The predicted octanol–water partition coefficient (Wildman–Crippen LogP) is 4.82. The van der Waals surface area contributed by atoms with E-state index in [-0.39, 0.29) is 11.9 Å². The van der Waals surface area contributed by atoms with Gasteiger partial charge in [0.2, 0.25) is 0 Å². The molecule has 106 valence electrons. The summed E-state index contributed by atoms with van der Waals surface area (Å²) in [7, 11) is 0. The minimum Gasteiger partial charge on any atom is -0.327 e. The van der Waals surface area contributed by atoms with Crippen molar-refractivity contribution in [3.8, 4) is 0 Å². The Labute approximate surface area is 123 Å². The molecule has 3 heteroatoms. The highest BCUT2D eigenvalue weighted by molar-refractivity contribution is 9.10. The zero-order chi connectivity index (χ0) is 13.7. The lowest BCUT2D eigenvalue weighted by molar-refractivity contribution is 0.322. The van der Waals surface area contributed by atoms with E-state index in [2.05, 4.69) is 15.9 Å². The summed E-state index contributed by atoms with van der Waals surface area (Å²) in [5.41, 5.74) is 6.89. The van der Waals surface area contributed by atoms with E-state index in [9.17, 15) is 4.39 Å². The first-order valence-corrected chi connectivity index (χ1v) is 8.14. The Morgan fingerprint density at radius 3 is 2.74 bits per heavy atom. The van der Waals surface area contributed by atoms with E-state index in [0.29, 0.717) is 6.42 Å². The van der Waals surface area contributed by atoms with E-state index >= 15 is 0 Å². The van der Waals surface area contributed by atoms with E-state index < -0.39 is 0 Å². The van der Waals surface area contributed by atoms with Gasteiger partial charge in [0, 0.05) is 10.5 Å². The molecule has 0 heterocycles. The topological polar surface area (TPSA) is 26.0 Å². The molecule has 1 aliphatic carbocycles. The first-order chi connectivity index (χ1) is 9.15. The van der Waals surface area contributed by atoms with Crippen LogP contribution in [0.4, 0.5) is 4.39 Å². The largest absolute Gasteiger partial charge is 0.327 e. The molecule has 0 spiro atoms. The summed E-state index contributed by atoms with van der Waals surface area (Å²) >= 11 is 3.38. The third-order valence-corrected chi connectivity index (χ3v) is 4.65. The number of rotatable bonds is 5. The molecule has 0 saturated heterocycles. The van der Waals surface area contributed by atoms with Gasteiger partial charge in [0.1, 0.15) is 5.82 Å². The molecule has 1 saturated carbocycles. The van der Waals surface area contributed by atoms with Crippen molar-refractivity contribution in [3.05, 3.63) is 34.1 Å². The smallest absolute Gasteiger partial charge is 0.126 e. The summed E-state index contributed by atoms with van der Waals surface area (Å²) in [4.78, 5) is 0. The Hall–Kier alpha value is -0.410. The van der Waals surface area contributed by atoms with Gasteiger partial charge in [-0.15, -0.1) is 0 Å². The van der Waals surface area contributed by atoms with Crippen molar-refractivity contribution in [1.82, 2.24) is 0 Å². The molecule has 1 aromatic rings. The van der Waals surface area contributed by atoms with E-state index in [1.807, 2.05) is 6.07 Å². The minimum absolute atomic E-state index is 0.0747. The number of hydrogen-bond acceptors (Lipinski definition) is 1. The molecule has 1 atom stereocenters. The van der Waals surface area contributed by atoms with Crippen LogP contribution < -0.4 is 5.73 Å². The van der Waals surface area contributed by atoms with Crippen LogP contribution >= 0.6 is 15.9 Å². The molecule has 2 N–H and O–H groups in total. The third kappa shape index (κ3) is 4.88. The number of hydrogen-bond donors (Lipinski definition) is 1. The van der Waals surface area contributed by atoms with E-state index in [4.69, 9.17) is 5.73 Å². The quantitative estimate of drug-likeness (QED) is 0.824. The maximum absolute atomic E-state index is 13.6. The highest BCUT2D eigenvalue weighted by Crippen LogP contribution is 2.28. The molecule has 19 heavy (non-hydrogen) atoms. The summed E-state index contributed by atoms with van der Waals surface area (Å²) < 4.78 is 14.6. The van der Waals surface area contributed by atoms with E-state index in [1.165, 1.54) is 44.6 Å². The average molecular weight is 328 g/mol. The Bertz CT molecular complexity index is 402. The minimum atomic E-state index is -0.142. The first kappa shape index (κ1) is 15.0. The summed E-state index contributed by atoms with van der Waals surface area (Å²) in [5, 5.41) is 0. The predicted molar refractivity (Wildman–Crippen MR) is 81.6 cm³/mol. The molecular formula is C16H23BrFN. The van der Waals surface area contributed by atoms with Crippen molar-refractivity contribution < 1.29 is 4.39 Å². The van der Waals surface area contributed by atoms with Crippen molar-refractivity contribution >= 4 is 15.9 Å². The van der Waals surface area contributed by atoms with Crippen LogP contribution in [0.15, 0.2) is 22.7 Å². The van der Waals surface area contributed by atoms with Crippen molar-refractivity contribution in [2.24, 2.45) is 11.7 Å². The third-order valence-electron chi connectivity index (χ3n) is 4.16. The number of benzene rings is 1. The summed E-state index contributed by atoms with van der Waals surface area (Å²) in [6, 6.07) is 5.15. The zero-order valence-electron chi connectivity index (χ0n) is 11.4. The standard InChI is InChI=1S/C16H23BrFN/c17-14-7-9-16(18)13(10-14)11-15(19)8-6-12-4-2-1-3-5-12/h7,9-10,12,15H,1-6,8,11,19H2. The van der Waals surface area contributed by atoms with Gasteiger partial charge < -0.3 is 5.73 Å². The maximum atomic E-state index is 13.6. The molecule has 0 aromatic heterocycles. The fourth-order valence-corrected chi connectivity index (χ4v) is 3.42. The molecule has 0 amide bonds. The van der Waals surface area contributed by atoms with Crippen LogP contribution in [0.2, 0.25) is 0 Å². The molecule has 2 rings (SSSR count). The van der Waals surface area contributed by atoms with Crippen LogP contribution in [0.1, 0.15) is 50.5 Å². The lowest BCUT2D eigenvalue weighted by Crippen LogP contribution is -2.24. The highest BCUT2D eigenvalue weighted by atomic mass is 79.9. The fourth-order valence-electron chi connectivity index (χ4n) is 3.01. The van der Waals surface area contributed by atoms with Gasteiger partial charge in [0.25, 0.3) is 0 Å². The van der Waals surface area contributed by atoms with E-state index in [1.54, 1.807) is 6.07 Å². The van der Waals surface area contributed by atoms with Gasteiger partial charge in [-0.05, 0) is 48.9 Å². The van der Waals surface area contributed by atoms with Crippen molar-refractivity contribution in [2.45, 2.75) is 57.4 Å². The molecule has 1 nitrogen and oxygen atoms in total. The molecule has 0 bridgehead atoms. The van der Waals surface area contributed by atoms with Gasteiger partial charge in [0.05, 0.1) is 0 Å². The average Bonchev–Trinajstić information content (AvgIpc) is 2.42. The van der Waals surface area contributed by atoms with Gasteiger partial charge in [-0.2, -0.15) is 0 Å². The molecule has 1 aliphatic rings. The molecular weight excluding hydrogens is 305 g/mol. The van der Waals surface area contributed by atoms with Gasteiger partial charge >= 0.3 is 0 Å². The fraction of sp³-hybridized carbons (Fsp3) is 0.625. The first-order valence-electron chi connectivity index (χ1n) is 7.34. The van der Waals surface area contributed by atoms with Crippen LogP contribution in [-0.4, -0.2) is 6.04 Å². The SMILES string of the molecule is NC(CCC1CCCCC1)Cc1cc(Br)ccc1F. The second kappa shape index (κ2) is 7.39. The van der Waals surface area contributed by atoms with Gasteiger partial charge in [0.15, 0.2) is 0 Å². The normalized spacial score (nSPS) is 18.5.